The predicted molar refractivity (Wildman–Crippen MR) is 86.2 cm³/mol. The summed E-state index contributed by atoms with van der Waals surface area (Å²) in [6.07, 6.45) is 3.09. The van der Waals surface area contributed by atoms with Crippen molar-refractivity contribution >= 4 is 0 Å². The van der Waals surface area contributed by atoms with Crippen LogP contribution in [0.3, 0.4) is 0 Å². The molecule has 1 aromatic rings. The minimum Gasteiger partial charge on any atom is -0.490 e. The number of nitrogens with zero attached hydrogens (tertiary/aromatic N) is 1. The van der Waals surface area contributed by atoms with E-state index < -0.39 is 5.60 Å². The molecule has 0 amide bonds. The molecule has 2 aliphatic rings. The lowest BCUT2D eigenvalue weighted by atomic mass is 10.00. The zero-order chi connectivity index (χ0) is 15.4. The predicted octanol–water partition coefficient (Wildman–Crippen LogP) is 2.24. The van der Waals surface area contributed by atoms with Crippen LogP contribution in [0.2, 0.25) is 0 Å². The Morgan fingerprint density at radius 2 is 2.09 bits per heavy atom. The van der Waals surface area contributed by atoms with Crippen molar-refractivity contribution in [1.29, 1.82) is 0 Å². The summed E-state index contributed by atoms with van der Waals surface area (Å²) in [6.45, 7) is 6.95. The van der Waals surface area contributed by atoms with Crippen LogP contribution in [0.1, 0.15) is 24.8 Å². The zero-order valence-electron chi connectivity index (χ0n) is 13.5. The Hall–Kier alpha value is -1.10. The number of hydrogen-bond donors (Lipinski definition) is 1. The van der Waals surface area contributed by atoms with E-state index in [0.717, 1.165) is 63.4 Å². The Balaban J connectivity index is 1.48. The largest absolute Gasteiger partial charge is 0.490 e. The number of aliphatic hydroxyl groups is 1. The number of β-amino-alcohol motifs (C(OH)–C–C–N with tert-alkyl or cyclic N) is 1. The number of ether oxygens (including phenoxy) is 2. The minimum atomic E-state index is -0.715. The summed E-state index contributed by atoms with van der Waals surface area (Å²) in [7, 11) is 0. The van der Waals surface area contributed by atoms with Gasteiger partial charge in [0.2, 0.25) is 0 Å². The van der Waals surface area contributed by atoms with Crippen molar-refractivity contribution in [2.45, 2.75) is 31.8 Å². The second-order valence-electron chi connectivity index (χ2n) is 6.82. The maximum absolute atomic E-state index is 10.8. The van der Waals surface area contributed by atoms with Crippen LogP contribution in [0.25, 0.3) is 0 Å². The number of aryl methyl sites for hydroxylation is 1. The maximum Gasteiger partial charge on any atom is 0.122 e. The molecular formula is C18H27NO3. The van der Waals surface area contributed by atoms with Gasteiger partial charge in [0.1, 0.15) is 18.0 Å². The number of rotatable bonds is 5. The Bertz CT molecular complexity index is 487. The van der Waals surface area contributed by atoms with Crippen LogP contribution in [0.15, 0.2) is 24.3 Å². The normalized spacial score (nSPS) is 27.2. The van der Waals surface area contributed by atoms with E-state index in [1.165, 1.54) is 0 Å². The molecule has 22 heavy (non-hydrogen) atoms. The fourth-order valence-electron chi connectivity index (χ4n) is 3.44. The van der Waals surface area contributed by atoms with Crippen LogP contribution in [-0.2, 0) is 4.74 Å². The molecule has 2 aliphatic heterocycles. The molecule has 3 rings (SSSR count). The van der Waals surface area contributed by atoms with Crippen molar-refractivity contribution in [2.24, 2.45) is 5.92 Å². The number of hydrogen-bond acceptors (Lipinski definition) is 4. The van der Waals surface area contributed by atoms with Crippen LogP contribution in [0, 0.1) is 12.8 Å². The number of para-hydroxylation sites is 1. The first-order chi connectivity index (χ1) is 10.6. The molecule has 0 spiro atoms. The second-order valence-corrected chi connectivity index (χ2v) is 6.82. The van der Waals surface area contributed by atoms with Gasteiger partial charge in [-0.1, -0.05) is 18.2 Å². The monoisotopic (exact) mass is 305 g/mol. The Morgan fingerprint density at radius 3 is 2.86 bits per heavy atom. The highest BCUT2D eigenvalue weighted by Crippen LogP contribution is 2.26. The van der Waals surface area contributed by atoms with E-state index in [1.54, 1.807) is 0 Å². The quantitative estimate of drug-likeness (QED) is 0.906. The third-order valence-electron chi connectivity index (χ3n) is 4.86. The van der Waals surface area contributed by atoms with E-state index in [-0.39, 0.29) is 0 Å². The summed E-state index contributed by atoms with van der Waals surface area (Å²) in [4.78, 5) is 2.39. The van der Waals surface area contributed by atoms with Gasteiger partial charge >= 0.3 is 0 Å². The molecule has 1 atom stereocenters. The fraction of sp³-hybridized carbons (Fsp3) is 0.667. The number of likely N-dealkylation sites (tertiary alicyclic amines) is 1. The summed E-state index contributed by atoms with van der Waals surface area (Å²) in [5.74, 6) is 1.59. The first kappa shape index (κ1) is 15.8. The van der Waals surface area contributed by atoms with Crippen molar-refractivity contribution in [1.82, 2.24) is 4.90 Å². The van der Waals surface area contributed by atoms with E-state index in [9.17, 15) is 5.11 Å². The third kappa shape index (κ3) is 4.00. The van der Waals surface area contributed by atoms with E-state index in [4.69, 9.17) is 9.47 Å². The zero-order valence-corrected chi connectivity index (χ0v) is 13.5. The molecule has 2 saturated heterocycles. The SMILES string of the molecule is Cc1ccccc1OC[C@]1(O)CCN(CC2CCOCC2)C1. The average Bonchev–Trinajstić information content (AvgIpc) is 2.89. The standard InChI is InChI=1S/C18H27NO3/c1-15-4-2-3-5-17(15)22-14-18(20)8-9-19(13-18)12-16-6-10-21-11-7-16/h2-5,16,20H,6-14H2,1H3/t18-/m0/s1. The Kier molecular flexibility index (Phi) is 5.01. The van der Waals surface area contributed by atoms with E-state index in [2.05, 4.69) is 4.90 Å². The summed E-state index contributed by atoms with van der Waals surface area (Å²) in [5.41, 5.74) is 0.399. The van der Waals surface area contributed by atoms with Crippen molar-refractivity contribution in [3.8, 4) is 5.75 Å². The lowest BCUT2D eigenvalue weighted by molar-refractivity contribution is -0.000160. The molecule has 4 heteroatoms. The summed E-state index contributed by atoms with van der Waals surface area (Å²) in [6, 6.07) is 7.97. The smallest absolute Gasteiger partial charge is 0.122 e. The van der Waals surface area contributed by atoms with Gasteiger partial charge in [-0.2, -0.15) is 0 Å². The lowest BCUT2D eigenvalue weighted by Gasteiger charge is -2.28. The van der Waals surface area contributed by atoms with Crippen LogP contribution in [0.4, 0.5) is 0 Å². The highest BCUT2D eigenvalue weighted by atomic mass is 16.5. The molecule has 122 valence electrons. The molecule has 0 saturated carbocycles. The molecular weight excluding hydrogens is 278 g/mol. The average molecular weight is 305 g/mol. The topological polar surface area (TPSA) is 41.9 Å². The van der Waals surface area contributed by atoms with Gasteiger partial charge in [-0.3, -0.25) is 4.90 Å². The number of benzene rings is 1. The van der Waals surface area contributed by atoms with E-state index in [1.807, 2.05) is 31.2 Å². The molecule has 0 unspecified atom stereocenters. The molecule has 1 aromatic carbocycles. The van der Waals surface area contributed by atoms with E-state index >= 15 is 0 Å². The van der Waals surface area contributed by atoms with Gasteiger partial charge in [0.25, 0.3) is 0 Å². The minimum absolute atomic E-state index is 0.377. The first-order valence-electron chi connectivity index (χ1n) is 8.36. The Labute approximate surface area is 133 Å². The van der Waals surface area contributed by atoms with Crippen molar-refractivity contribution in [2.75, 3.05) is 39.5 Å². The van der Waals surface area contributed by atoms with Crippen molar-refractivity contribution in [3.05, 3.63) is 29.8 Å². The lowest BCUT2D eigenvalue weighted by Crippen LogP contribution is -2.40. The van der Waals surface area contributed by atoms with Gasteiger partial charge in [0, 0.05) is 32.8 Å². The van der Waals surface area contributed by atoms with Gasteiger partial charge in [0.15, 0.2) is 0 Å². The van der Waals surface area contributed by atoms with Crippen LogP contribution in [0.5, 0.6) is 5.75 Å². The molecule has 4 nitrogen and oxygen atoms in total. The molecule has 2 fully saturated rings. The summed E-state index contributed by atoms with van der Waals surface area (Å²) in [5, 5.41) is 10.8. The van der Waals surface area contributed by atoms with E-state index in [0.29, 0.717) is 12.5 Å². The first-order valence-corrected chi connectivity index (χ1v) is 8.36. The van der Waals surface area contributed by atoms with Crippen LogP contribution < -0.4 is 4.74 Å². The van der Waals surface area contributed by atoms with Crippen molar-refractivity contribution < 1.29 is 14.6 Å². The molecule has 0 radical (unpaired) electrons. The van der Waals surface area contributed by atoms with Gasteiger partial charge in [0.05, 0.1) is 0 Å². The summed E-state index contributed by atoms with van der Waals surface area (Å²) >= 11 is 0. The van der Waals surface area contributed by atoms with Crippen LogP contribution >= 0.6 is 0 Å². The summed E-state index contributed by atoms with van der Waals surface area (Å²) < 4.78 is 11.3. The van der Waals surface area contributed by atoms with Gasteiger partial charge in [-0.25, -0.2) is 0 Å². The third-order valence-corrected chi connectivity index (χ3v) is 4.86. The highest BCUT2D eigenvalue weighted by molar-refractivity contribution is 5.31. The molecule has 0 bridgehead atoms. The second kappa shape index (κ2) is 6.99. The van der Waals surface area contributed by atoms with Gasteiger partial charge in [-0.05, 0) is 43.7 Å². The highest BCUT2D eigenvalue weighted by Gasteiger charge is 2.37. The fourth-order valence-corrected chi connectivity index (χ4v) is 3.44. The molecule has 2 heterocycles. The van der Waals surface area contributed by atoms with Crippen molar-refractivity contribution in [3.63, 3.8) is 0 Å². The Morgan fingerprint density at radius 1 is 1.32 bits per heavy atom. The van der Waals surface area contributed by atoms with Gasteiger partial charge in [-0.15, -0.1) is 0 Å². The molecule has 1 N–H and O–H groups in total. The molecule has 0 aromatic heterocycles. The van der Waals surface area contributed by atoms with Gasteiger partial charge < -0.3 is 14.6 Å². The molecule has 0 aliphatic carbocycles. The van der Waals surface area contributed by atoms with Crippen LogP contribution in [-0.4, -0.2) is 55.1 Å². The maximum atomic E-state index is 10.8.